The lowest BCUT2D eigenvalue weighted by atomic mass is 10.3. The first-order valence-electron chi connectivity index (χ1n) is 6.34. The minimum absolute atomic E-state index is 0.186. The second kappa shape index (κ2) is 6.14. The number of nitrogens with two attached hydrogens (primary N) is 1. The maximum absolute atomic E-state index is 12.4. The van der Waals surface area contributed by atoms with Gasteiger partial charge in [0.05, 0.1) is 19.8 Å². The topological polar surface area (TPSA) is 96.2 Å². The van der Waals surface area contributed by atoms with Crippen molar-refractivity contribution in [1.29, 1.82) is 0 Å². The Morgan fingerprint density at radius 3 is 2.05 bits per heavy atom. The molecule has 2 aliphatic rings. The van der Waals surface area contributed by atoms with Crippen LogP contribution in [-0.4, -0.2) is 86.9 Å². The molecule has 9 heteroatoms. The highest BCUT2D eigenvalue weighted by Crippen LogP contribution is 2.13. The van der Waals surface area contributed by atoms with Crippen molar-refractivity contribution in [1.82, 2.24) is 13.5 Å². The Balaban J connectivity index is 1.90. The molecule has 0 aliphatic carbocycles. The van der Waals surface area contributed by atoms with Gasteiger partial charge in [-0.3, -0.25) is 9.69 Å². The van der Waals surface area contributed by atoms with Crippen LogP contribution in [0.3, 0.4) is 0 Å². The molecule has 0 spiro atoms. The van der Waals surface area contributed by atoms with E-state index < -0.39 is 10.2 Å². The lowest BCUT2D eigenvalue weighted by molar-refractivity contribution is -0.119. The van der Waals surface area contributed by atoms with Crippen LogP contribution in [-0.2, 0) is 19.7 Å². The average molecular weight is 292 g/mol. The number of hydrogen-bond donors (Lipinski definition) is 1. The van der Waals surface area contributed by atoms with Crippen LogP contribution in [0.15, 0.2) is 0 Å². The number of amides is 1. The Hall–Kier alpha value is -0.740. The van der Waals surface area contributed by atoms with E-state index in [1.165, 1.54) is 8.61 Å². The first-order valence-corrected chi connectivity index (χ1v) is 7.73. The van der Waals surface area contributed by atoms with Crippen LogP contribution in [0.5, 0.6) is 0 Å². The van der Waals surface area contributed by atoms with Gasteiger partial charge in [0, 0.05) is 39.3 Å². The molecule has 110 valence electrons. The summed E-state index contributed by atoms with van der Waals surface area (Å²) in [5.41, 5.74) is 5.13. The standard InChI is InChI=1S/C10H20N4O4S/c11-10(15)9-12-1-3-13(4-2-12)19(16,17)14-5-7-18-8-6-14/h1-9H2,(H2,11,15). The second-order valence-corrected chi connectivity index (χ2v) is 6.59. The summed E-state index contributed by atoms with van der Waals surface area (Å²) in [5.74, 6) is -0.385. The number of carbonyl (C=O) groups is 1. The van der Waals surface area contributed by atoms with Crippen molar-refractivity contribution in [2.24, 2.45) is 5.73 Å². The summed E-state index contributed by atoms with van der Waals surface area (Å²) in [7, 11) is -3.39. The van der Waals surface area contributed by atoms with Crippen molar-refractivity contribution in [3.63, 3.8) is 0 Å². The summed E-state index contributed by atoms with van der Waals surface area (Å²) in [5, 5.41) is 0. The van der Waals surface area contributed by atoms with Gasteiger partial charge in [-0.1, -0.05) is 0 Å². The number of carbonyl (C=O) groups excluding carboxylic acids is 1. The molecule has 2 fully saturated rings. The largest absolute Gasteiger partial charge is 0.379 e. The molecule has 19 heavy (non-hydrogen) atoms. The Kier molecular flexibility index (Phi) is 4.74. The van der Waals surface area contributed by atoms with Crippen molar-refractivity contribution >= 4 is 16.1 Å². The summed E-state index contributed by atoms with van der Waals surface area (Å²) in [6.07, 6.45) is 0. The van der Waals surface area contributed by atoms with Gasteiger partial charge in [0.25, 0.3) is 10.2 Å². The van der Waals surface area contributed by atoms with E-state index in [0.29, 0.717) is 52.5 Å². The molecule has 8 nitrogen and oxygen atoms in total. The van der Waals surface area contributed by atoms with Crippen molar-refractivity contribution in [2.45, 2.75) is 0 Å². The van der Waals surface area contributed by atoms with Crippen molar-refractivity contribution < 1.29 is 17.9 Å². The van der Waals surface area contributed by atoms with Crippen LogP contribution in [0.4, 0.5) is 0 Å². The van der Waals surface area contributed by atoms with Crippen LogP contribution in [0.25, 0.3) is 0 Å². The molecule has 0 aromatic heterocycles. The molecule has 0 bridgehead atoms. The Labute approximate surface area is 113 Å². The summed E-state index contributed by atoms with van der Waals surface area (Å²) >= 11 is 0. The van der Waals surface area contributed by atoms with E-state index in [9.17, 15) is 13.2 Å². The van der Waals surface area contributed by atoms with Gasteiger partial charge in [-0.15, -0.1) is 0 Å². The third kappa shape index (κ3) is 3.63. The SMILES string of the molecule is NC(=O)CN1CCN(S(=O)(=O)N2CCOCC2)CC1. The first-order chi connectivity index (χ1) is 9.00. The average Bonchev–Trinajstić information content (AvgIpc) is 2.40. The molecule has 2 saturated heterocycles. The lowest BCUT2D eigenvalue weighted by Gasteiger charge is -2.37. The van der Waals surface area contributed by atoms with E-state index in [0.717, 1.165) is 0 Å². The number of hydrogen-bond acceptors (Lipinski definition) is 5. The monoisotopic (exact) mass is 292 g/mol. The van der Waals surface area contributed by atoms with Crippen LogP contribution in [0.2, 0.25) is 0 Å². The number of primary amides is 1. The maximum atomic E-state index is 12.4. The van der Waals surface area contributed by atoms with Crippen LogP contribution in [0.1, 0.15) is 0 Å². The number of nitrogens with zero attached hydrogens (tertiary/aromatic N) is 3. The molecule has 0 unspecified atom stereocenters. The third-order valence-corrected chi connectivity index (χ3v) is 5.37. The second-order valence-electron chi connectivity index (χ2n) is 4.66. The summed E-state index contributed by atoms with van der Waals surface area (Å²) in [6.45, 7) is 3.75. The Morgan fingerprint density at radius 1 is 1.00 bits per heavy atom. The van der Waals surface area contributed by atoms with Gasteiger partial charge in [-0.2, -0.15) is 17.0 Å². The van der Waals surface area contributed by atoms with E-state index >= 15 is 0 Å². The fraction of sp³-hybridized carbons (Fsp3) is 0.900. The molecule has 0 aromatic carbocycles. The first kappa shape index (κ1) is 14.7. The van der Waals surface area contributed by atoms with E-state index in [1.54, 1.807) is 0 Å². The minimum Gasteiger partial charge on any atom is -0.379 e. The molecule has 2 N–H and O–H groups in total. The molecule has 2 aliphatic heterocycles. The van der Waals surface area contributed by atoms with Gasteiger partial charge >= 0.3 is 0 Å². The van der Waals surface area contributed by atoms with E-state index in [1.807, 2.05) is 4.90 Å². The van der Waals surface area contributed by atoms with Crippen LogP contribution in [0, 0.1) is 0 Å². The van der Waals surface area contributed by atoms with Gasteiger partial charge in [-0.05, 0) is 0 Å². The molecular formula is C10H20N4O4S. The van der Waals surface area contributed by atoms with Crippen LogP contribution >= 0.6 is 0 Å². The third-order valence-electron chi connectivity index (χ3n) is 3.33. The maximum Gasteiger partial charge on any atom is 0.282 e. The number of piperazine rings is 1. The van der Waals surface area contributed by atoms with Crippen LogP contribution < -0.4 is 5.73 Å². The van der Waals surface area contributed by atoms with Crippen molar-refractivity contribution in [2.75, 3.05) is 59.0 Å². The number of ether oxygens (including phenoxy) is 1. The van der Waals surface area contributed by atoms with Gasteiger partial charge in [0.1, 0.15) is 0 Å². The van der Waals surface area contributed by atoms with Gasteiger partial charge in [-0.25, -0.2) is 0 Å². The molecule has 0 saturated carbocycles. The zero-order chi connectivity index (χ0) is 13.9. The molecular weight excluding hydrogens is 272 g/mol. The van der Waals surface area contributed by atoms with Gasteiger partial charge < -0.3 is 10.5 Å². The highest BCUT2D eigenvalue weighted by molar-refractivity contribution is 7.86. The van der Waals surface area contributed by atoms with E-state index in [-0.39, 0.29) is 12.5 Å². The summed E-state index contributed by atoms with van der Waals surface area (Å²) < 4.78 is 32.8. The predicted molar refractivity (Wildman–Crippen MR) is 68.5 cm³/mol. The Bertz CT molecular complexity index is 413. The highest BCUT2D eigenvalue weighted by atomic mass is 32.2. The van der Waals surface area contributed by atoms with Crippen molar-refractivity contribution in [3.8, 4) is 0 Å². The van der Waals surface area contributed by atoms with E-state index in [2.05, 4.69) is 0 Å². The molecule has 2 rings (SSSR count). The molecule has 0 atom stereocenters. The highest BCUT2D eigenvalue weighted by Gasteiger charge is 2.33. The zero-order valence-corrected chi connectivity index (χ0v) is 11.6. The number of rotatable bonds is 4. The Morgan fingerprint density at radius 2 is 1.53 bits per heavy atom. The minimum atomic E-state index is -3.39. The van der Waals surface area contributed by atoms with E-state index in [4.69, 9.17) is 10.5 Å². The van der Waals surface area contributed by atoms with Crippen molar-refractivity contribution in [3.05, 3.63) is 0 Å². The molecule has 0 aromatic rings. The lowest BCUT2D eigenvalue weighted by Crippen LogP contribution is -2.55. The predicted octanol–water partition coefficient (Wildman–Crippen LogP) is -2.33. The smallest absolute Gasteiger partial charge is 0.282 e. The van der Waals surface area contributed by atoms with Gasteiger partial charge in [0.15, 0.2) is 0 Å². The zero-order valence-electron chi connectivity index (χ0n) is 10.8. The molecule has 1 amide bonds. The molecule has 2 heterocycles. The summed E-state index contributed by atoms with van der Waals surface area (Å²) in [4.78, 5) is 12.7. The quantitative estimate of drug-likeness (QED) is 0.627. The fourth-order valence-corrected chi connectivity index (χ4v) is 3.84. The normalized spacial score (nSPS) is 24.4. The molecule has 0 radical (unpaired) electrons. The van der Waals surface area contributed by atoms with Gasteiger partial charge in [0.2, 0.25) is 5.91 Å². The number of morpholine rings is 1. The fourth-order valence-electron chi connectivity index (χ4n) is 2.28. The summed E-state index contributed by atoms with van der Waals surface area (Å²) in [6, 6.07) is 0.